The SMILES string of the molecule is CC1CN(CCc2ccc(S(=O)(=O)N3CCC(Nc4nc(N)c(C(=O)c5c(F)cccc5F)s4)CC3)cn2)CC(C)N1. The molecular weight excluding hydrogens is 584 g/mol. The van der Waals surface area contributed by atoms with Crippen LogP contribution in [0, 0.1) is 11.6 Å². The second-order valence-electron chi connectivity index (χ2n) is 10.9. The van der Waals surface area contributed by atoms with Gasteiger partial charge in [-0.3, -0.25) is 14.7 Å². The fourth-order valence-electron chi connectivity index (χ4n) is 5.56. The molecule has 42 heavy (non-hydrogen) atoms. The highest BCUT2D eigenvalue weighted by molar-refractivity contribution is 7.89. The van der Waals surface area contributed by atoms with Gasteiger partial charge < -0.3 is 16.4 Å². The number of sulfonamides is 1. The number of nitrogen functional groups attached to an aromatic ring is 1. The molecule has 0 amide bonds. The van der Waals surface area contributed by atoms with Crippen molar-refractivity contribution in [3.8, 4) is 0 Å². The van der Waals surface area contributed by atoms with E-state index in [9.17, 15) is 22.0 Å². The number of ketones is 1. The lowest BCUT2D eigenvalue weighted by atomic mass is 10.1. The summed E-state index contributed by atoms with van der Waals surface area (Å²) < 4.78 is 56.2. The van der Waals surface area contributed by atoms with Gasteiger partial charge in [0, 0.05) is 69.2 Å². The molecule has 10 nitrogen and oxygen atoms in total. The summed E-state index contributed by atoms with van der Waals surface area (Å²) in [5.74, 6) is -2.94. The third kappa shape index (κ3) is 6.78. The summed E-state index contributed by atoms with van der Waals surface area (Å²) in [7, 11) is -3.70. The lowest BCUT2D eigenvalue weighted by molar-refractivity contribution is 0.103. The number of piperidine rings is 1. The summed E-state index contributed by atoms with van der Waals surface area (Å²) in [6.07, 6.45) is 3.18. The first-order valence-electron chi connectivity index (χ1n) is 14.0. The van der Waals surface area contributed by atoms with Crippen LogP contribution in [0.25, 0.3) is 0 Å². The molecule has 2 unspecified atom stereocenters. The molecule has 5 rings (SSSR count). The number of aromatic nitrogens is 2. The quantitative estimate of drug-likeness (QED) is 0.309. The highest BCUT2D eigenvalue weighted by atomic mass is 32.2. The largest absolute Gasteiger partial charge is 0.382 e. The summed E-state index contributed by atoms with van der Waals surface area (Å²) in [4.78, 5) is 23.9. The van der Waals surface area contributed by atoms with Crippen LogP contribution in [0.3, 0.4) is 0 Å². The number of hydrogen-bond acceptors (Lipinski definition) is 10. The highest BCUT2D eigenvalue weighted by Crippen LogP contribution is 2.31. The molecule has 0 spiro atoms. The number of halogens is 2. The van der Waals surface area contributed by atoms with Gasteiger partial charge in [0.2, 0.25) is 15.8 Å². The van der Waals surface area contributed by atoms with E-state index in [1.165, 1.54) is 16.6 Å². The number of anilines is 2. The molecule has 2 aromatic heterocycles. The van der Waals surface area contributed by atoms with Crippen LogP contribution >= 0.6 is 11.3 Å². The molecule has 2 saturated heterocycles. The van der Waals surface area contributed by atoms with Crippen molar-refractivity contribution >= 4 is 38.1 Å². The van der Waals surface area contributed by atoms with E-state index in [4.69, 9.17) is 5.73 Å². The van der Waals surface area contributed by atoms with Gasteiger partial charge in [0.05, 0.1) is 5.56 Å². The maximum atomic E-state index is 14.1. The Balaban J connectivity index is 1.15. The average Bonchev–Trinajstić information content (AvgIpc) is 3.31. The highest BCUT2D eigenvalue weighted by Gasteiger charge is 2.31. The first-order chi connectivity index (χ1) is 20.0. The van der Waals surface area contributed by atoms with Crippen LogP contribution in [-0.4, -0.2) is 84.2 Å². The standard InChI is InChI=1S/C28H35F2N7O3S2/c1-17-15-36(16-18(2)33-17)11-8-19-6-7-21(14-32-19)42(39,40)37-12-9-20(10-13-37)34-28-35-27(31)26(41-28)25(38)24-22(29)4-3-5-23(24)30/h3-7,14,17-18,20,33H,8-13,15-16,31H2,1-2H3,(H,34,35). The number of hydrogen-bond donors (Lipinski definition) is 3. The predicted octanol–water partition coefficient (Wildman–Crippen LogP) is 3.12. The first-order valence-corrected chi connectivity index (χ1v) is 16.2. The minimum absolute atomic E-state index is 0.0606. The van der Waals surface area contributed by atoms with Crippen LogP contribution in [0.5, 0.6) is 0 Å². The smallest absolute Gasteiger partial charge is 0.244 e. The van der Waals surface area contributed by atoms with Gasteiger partial charge in [-0.2, -0.15) is 4.31 Å². The van der Waals surface area contributed by atoms with Gasteiger partial charge >= 0.3 is 0 Å². The van der Waals surface area contributed by atoms with Crippen LogP contribution in [0.4, 0.5) is 19.7 Å². The molecule has 0 radical (unpaired) electrons. The van der Waals surface area contributed by atoms with Crippen molar-refractivity contribution in [3.63, 3.8) is 0 Å². The molecule has 2 aliphatic heterocycles. The van der Waals surface area contributed by atoms with E-state index in [1.807, 2.05) is 0 Å². The third-order valence-electron chi connectivity index (χ3n) is 7.58. The fraction of sp³-hybridized carbons (Fsp3) is 0.464. The van der Waals surface area contributed by atoms with Crippen LogP contribution in [0.2, 0.25) is 0 Å². The molecule has 226 valence electrons. The summed E-state index contributed by atoms with van der Waals surface area (Å²) >= 11 is 0.915. The van der Waals surface area contributed by atoms with Crippen molar-refractivity contribution in [2.45, 2.75) is 56.1 Å². The van der Waals surface area contributed by atoms with E-state index in [0.717, 1.165) is 55.2 Å². The number of thiazole rings is 1. The van der Waals surface area contributed by atoms with Crippen molar-refractivity contribution in [2.24, 2.45) is 0 Å². The molecule has 3 aromatic rings. The van der Waals surface area contributed by atoms with E-state index in [1.54, 1.807) is 12.1 Å². The van der Waals surface area contributed by atoms with E-state index in [-0.39, 0.29) is 34.7 Å². The summed E-state index contributed by atoms with van der Waals surface area (Å²) in [6.45, 7) is 7.74. The fourth-order valence-corrected chi connectivity index (χ4v) is 7.88. The molecule has 2 aliphatic rings. The van der Waals surface area contributed by atoms with E-state index in [0.29, 0.717) is 30.1 Å². The Morgan fingerprint density at radius 3 is 2.40 bits per heavy atom. The number of carbonyl (C=O) groups is 1. The number of pyridine rings is 1. The van der Waals surface area contributed by atoms with Crippen LogP contribution in [0.15, 0.2) is 41.4 Å². The Morgan fingerprint density at radius 1 is 1.12 bits per heavy atom. The number of nitrogens with one attached hydrogen (secondary N) is 2. The van der Waals surface area contributed by atoms with E-state index >= 15 is 0 Å². The Bertz CT molecular complexity index is 1500. The van der Waals surface area contributed by atoms with Gasteiger partial charge in [0.25, 0.3) is 0 Å². The summed E-state index contributed by atoms with van der Waals surface area (Å²) in [6, 6.07) is 7.36. The number of rotatable bonds is 9. The Kier molecular flexibility index (Phi) is 9.18. The van der Waals surface area contributed by atoms with Gasteiger partial charge in [0.15, 0.2) is 5.13 Å². The number of piperazine rings is 1. The second kappa shape index (κ2) is 12.7. The van der Waals surface area contributed by atoms with Crippen LogP contribution in [0.1, 0.15) is 47.6 Å². The minimum atomic E-state index is -3.70. The molecule has 4 heterocycles. The molecule has 1 aromatic carbocycles. The lowest BCUT2D eigenvalue weighted by Gasteiger charge is -2.36. The maximum absolute atomic E-state index is 14.1. The molecule has 0 bridgehead atoms. The first kappa shape index (κ1) is 30.4. The van der Waals surface area contributed by atoms with Crippen LogP contribution in [-0.2, 0) is 16.4 Å². The Morgan fingerprint density at radius 2 is 1.79 bits per heavy atom. The zero-order valence-corrected chi connectivity index (χ0v) is 25.1. The van der Waals surface area contributed by atoms with Gasteiger partial charge in [0.1, 0.15) is 27.2 Å². The predicted molar refractivity (Wildman–Crippen MR) is 158 cm³/mol. The van der Waals surface area contributed by atoms with Gasteiger partial charge in [-0.1, -0.05) is 17.4 Å². The van der Waals surface area contributed by atoms with E-state index in [2.05, 4.69) is 39.3 Å². The zero-order valence-electron chi connectivity index (χ0n) is 23.5. The molecular formula is C28H35F2N7O3S2. The Hall–Kier alpha value is -3.04. The summed E-state index contributed by atoms with van der Waals surface area (Å²) in [5.41, 5.74) is 6.08. The molecule has 2 atom stereocenters. The van der Waals surface area contributed by atoms with Crippen molar-refractivity contribution in [2.75, 3.05) is 43.8 Å². The molecule has 14 heteroatoms. The van der Waals surface area contributed by atoms with E-state index < -0.39 is 33.0 Å². The molecule has 4 N–H and O–H groups in total. The van der Waals surface area contributed by atoms with Crippen molar-refractivity contribution < 1.29 is 22.0 Å². The molecule has 0 saturated carbocycles. The van der Waals surface area contributed by atoms with Gasteiger partial charge in [-0.05, 0) is 51.0 Å². The van der Waals surface area contributed by atoms with Crippen molar-refractivity contribution in [1.29, 1.82) is 0 Å². The molecule has 0 aliphatic carbocycles. The summed E-state index contributed by atoms with van der Waals surface area (Å²) in [5, 5.41) is 7.04. The monoisotopic (exact) mass is 619 g/mol. The number of nitrogens with two attached hydrogens (primary N) is 1. The zero-order chi connectivity index (χ0) is 30.0. The number of benzene rings is 1. The number of nitrogens with zero attached hydrogens (tertiary/aromatic N) is 4. The van der Waals surface area contributed by atoms with Gasteiger partial charge in [-0.15, -0.1) is 0 Å². The number of carbonyl (C=O) groups excluding carboxylic acids is 1. The van der Waals surface area contributed by atoms with Crippen LogP contribution < -0.4 is 16.4 Å². The van der Waals surface area contributed by atoms with Crippen molar-refractivity contribution in [3.05, 3.63) is 64.3 Å². The third-order valence-corrected chi connectivity index (χ3v) is 10.5. The van der Waals surface area contributed by atoms with Crippen molar-refractivity contribution in [1.82, 2.24) is 24.5 Å². The molecule has 2 fully saturated rings. The normalized spacial score (nSPS) is 21.0. The average molecular weight is 620 g/mol. The second-order valence-corrected chi connectivity index (χ2v) is 13.9. The minimum Gasteiger partial charge on any atom is -0.382 e. The Labute approximate surface area is 248 Å². The lowest BCUT2D eigenvalue weighted by Crippen LogP contribution is -2.54. The van der Waals surface area contributed by atoms with Gasteiger partial charge in [-0.25, -0.2) is 22.2 Å². The topological polar surface area (TPSA) is 134 Å². The maximum Gasteiger partial charge on any atom is 0.244 e.